The summed E-state index contributed by atoms with van der Waals surface area (Å²) in [6, 6.07) is 12.0. The highest BCUT2D eigenvalue weighted by atomic mass is 16.3. The minimum absolute atomic E-state index is 0.0315. The van der Waals surface area contributed by atoms with Crippen LogP contribution in [0.15, 0.2) is 53.5 Å². The number of para-hydroxylation sites is 1. The quantitative estimate of drug-likeness (QED) is 0.796. The van der Waals surface area contributed by atoms with Gasteiger partial charge in [0.25, 0.3) is 11.5 Å². The SMILES string of the molecule is O=C(NCCCO)c1ccc(=O)n(-c2ccccc2)c1. The maximum Gasteiger partial charge on any atom is 0.255 e. The van der Waals surface area contributed by atoms with Crippen LogP contribution in [0.4, 0.5) is 0 Å². The molecule has 2 N–H and O–H groups in total. The Morgan fingerprint density at radius 3 is 2.60 bits per heavy atom. The minimum Gasteiger partial charge on any atom is -0.396 e. The number of aliphatic hydroxyl groups excluding tert-OH is 1. The molecule has 0 aliphatic carbocycles. The summed E-state index contributed by atoms with van der Waals surface area (Å²) in [6.07, 6.45) is 2.02. The molecule has 2 rings (SSSR count). The van der Waals surface area contributed by atoms with Crippen LogP contribution in [0.5, 0.6) is 0 Å². The van der Waals surface area contributed by atoms with E-state index in [4.69, 9.17) is 5.11 Å². The zero-order valence-corrected chi connectivity index (χ0v) is 11.0. The molecule has 2 aromatic rings. The van der Waals surface area contributed by atoms with E-state index in [2.05, 4.69) is 5.32 Å². The highest BCUT2D eigenvalue weighted by molar-refractivity contribution is 5.93. The fourth-order valence-corrected chi connectivity index (χ4v) is 1.79. The lowest BCUT2D eigenvalue weighted by molar-refractivity contribution is 0.0950. The van der Waals surface area contributed by atoms with Crippen LogP contribution in [-0.2, 0) is 0 Å². The fraction of sp³-hybridized carbons (Fsp3) is 0.200. The van der Waals surface area contributed by atoms with Crippen molar-refractivity contribution in [3.63, 3.8) is 0 Å². The van der Waals surface area contributed by atoms with Crippen molar-refractivity contribution in [2.45, 2.75) is 6.42 Å². The average Bonchev–Trinajstić information content (AvgIpc) is 2.49. The van der Waals surface area contributed by atoms with E-state index < -0.39 is 0 Å². The molecule has 1 heterocycles. The maximum absolute atomic E-state index is 11.9. The van der Waals surface area contributed by atoms with Crippen molar-refractivity contribution >= 4 is 5.91 Å². The molecule has 0 saturated heterocycles. The maximum atomic E-state index is 11.9. The number of carbonyl (C=O) groups is 1. The van der Waals surface area contributed by atoms with Gasteiger partial charge in [-0.3, -0.25) is 14.2 Å². The summed E-state index contributed by atoms with van der Waals surface area (Å²) in [5.74, 6) is -0.261. The van der Waals surface area contributed by atoms with Crippen LogP contribution in [-0.4, -0.2) is 28.7 Å². The van der Waals surface area contributed by atoms with Gasteiger partial charge in [-0.05, 0) is 24.6 Å². The molecule has 0 unspecified atom stereocenters. The Morgan fingerprint density at radius 2 is 1.90 bits per heavy atom. The third-order valence-electron chi connectivity index (χ3n) is 2.83. The minimum atomic E-state index is -0.261. The second kappa shape index (κ2) is 6.68. The summed E-state index contributed by atoms with van der Waals surface area (Å²) < 4.78 is 1.43. The number of benzene rings is 1. The van der Waals surface area contributed by atoms with E-state index in [-0.39, 0.29) is 18.1 Å². The molecule has 1 aromatic heterocycles. The van der Waals surface area contributed by atoms with Crippen LogP contribution in [0.2, 0.25) is 0 Å². The van der Waals surface area contributed by atoms with Gasteiger partial charge in [-0.1, -0.05) is 18.2 Å². The number of hydrogen-bond acceptors (Lipinski definition) is 3. The van der Waals surface area contributed by atoms with Gasteiger partial charge in [-0.2, -0.15) is 0 Å². The Morgan fingerprint density at radius 1 is 1.15 bits per heavy atom. The standard InChI is InChI=1S/C15H16N2O3/c18-10-4-9-16-15(20)12-7-8-14(19)17(11-12)13-5-2-1-3-6-13/h1-3,5-8,11,18H,4,9-10H2,(H,16,20). The van der Waals surface area contributed by atoms with Gasteiger partial charge in [0, 0.05) is 31.1 Å². The van der Waals surface area contributed by atoms with Gasteiger partial charge in [-0.25, -0.2) is 0 Å². The van der Waals surface area contributed by atoms with Gasteiger partial charge in [0.2, 0.25) is 0 Å². The average molecular weight is 272 g/mol. The van der Waals surface area contributed by atoms with Crippen LogP contribution in [0.25, 0.3) is 5.69 Å². The summed E-state index contributed by atoms with van der Waals surface area (Å²) in [5.41, 5.74) is 0.928. The molecule has 5 nitrogen and oxygen atoms in total. The normalized spacial score (nSPS) is 10.2. The summed E-state index contributed by atoms with van der Waals surface area (Å²) in [4.78, 5) is 23.8. The molecular formula is C15H16N2O3. The number of rotatable bonds is 5. The first-order chi connectivity index (χ1) is 9.72. The first-order valence-electron chi connectivity index (χ1n) is 6.39. The molecule has 5 heteroatoms. The molecule has 104 valence electrons. The predicted octanol–water partition coefficient (Wildman–Crippen LogP) is 0.950. The molecular weight excluding hydrogens is 256 g/mol. The van der Waals surface area contributed by atoms with E-state index in [1.165, 1.54) is 22.9 Å². The van der Waals surface area contributed by atoms with E-state index in [0.717, 1.165) is 0 Å². The Kier molecular flexibility index (Phi) is 4.68. The second-order valence-electron chi connectivity index (χ2n) is 4.29. The van der Waals surface area contributed by atoms with Crippen molar-refractivity contribution in [3.05, 3.63) is 64.6 Å². The summed E-state index contributed by atoms with van der Waals surface area (Å²) in [5, 5.41) is 11.4. The smallest absolute Gasteiger partial charge is 0.255 e. The van der Waals surface area contributed by atoms with Crippen molar-refractivity contribution in [1.82, 2.24) is 9.88 Å². The first kappa shape index (κ1) is 14.0. The van der Waals surface area contributed by atoms with Crippen LogP contribution < -0.4 is 10.9 Å². The zero-order chi connectivity index (χ0) is 14.4. The molecule has 0 aliphatic heterocycles. The zero-order valence-electron chi connectivity index (χ0n) is 11.0. The van der Waals surface area contributed by atoms with Gasteiger partial charge in [0.15, 0.2) is 0 Å². The molecule has 0 bridgehead atoms. The van der Waals surface area contributed by atoms with Gasteiger partial charge >= 0.3 is 0 Å². The third-order valence-corrected chi connectivity index (χ3v) is 2.83. The van der Waals surface area contributed by atoms with Crippen LogP contribution >= 0.6 is 0 Å². The second-order valence-corrected chi connectivity index (χ2v) is 4.29. The number of carbonyl (C=O) groups excluding carboxylic acids is 1. The molecule has 0 aliphatic rings. The van der Waals surface area contributed by atoms with Gasteiger partial charge < -0.3 is 10.4 Å². The number of nitrogens with zero attached hydrogens (tertiary/aromatic N) is 1. The first-order valence-corrected chi connectivity index (χ1v) is 6.39. The number of pyridine rings is 1. The van der Waals surface area contributed by atoms with Gasteiger partial charge in [0.1, 0.15) is 0 Å². The third kappa shape index (κ3) is 3.33. The van der Waals surface area contributed by atoms with Crippen molar-refractivity contribution < 1.29 is 9.90 Å². The number of amides is 1. The van der Waals surface area contributed by atoms with E-state index >= 15 is 0 Å². The Hall–Kier alpha value is -2.40. The van der Waals surface area contributed by atoms with E-state index in [1.807, 2.05) is 18.2 Å². The molecule has 1 amide bonds. The molecule has 1 aromatic carbocycles. The van der Waals surface area contributed by atoms with Crippen LogP contribution in [0, 0.1) is 0 Å². The van der Waals surface area contributed by atoms with Gasteiger partial charge in [-0.15, -0.1) is 0 Å². The number of aliphatic hydroxyl groups is 1. The lowest BCUT2D eigenvalue weighted by Crippen LogP contribution is -2.27. The van der Waals surface area contributed by atoms with Crippen molar-refractivity contribution in [2.24, 2.45) is 0 Å². The molecule has 0 atom stereocenters. The van der Waals surface area contributed by atoms with Crippen molar-refractivity contribution in [1.29, 1.82) is 0 Å². The molecule has 0 spiro atoms. The Labute approximate surface area is 116 Å². The summed E-state index contributed by atoms with van der Waals surface area (Å²) in [7, 11) is 0. The predicted molar refractivity (Wildman–Crippen MR) is 76.1 cm³/mol. The lowest BCUT2D eigenvalue weighted by atomic mass is 10.2. The Bertz CT molecular complexity index is 635. The monoisotopic (exact) mass is 272 g/mol. The fourth-order valence-electron chi connectivity index (χ4n) is 1.79. The van der Waals surface area contributed by atoms with Crippen LogP contribution in [0.1, 0.15) is 16.8 Å². The number of nitrogens with one attached hydrogen (secondary N) is 1. The molecule has 20 heavy (non-hydrogen) atoms. The summed E-state index contributed by atoms with van der Waals surface area (Å²) >= 11 is 0. The highest BCUT2D eigenvalue weighted by Gasteiger charge is 2.07. The molecule has 0 saturated carbocycles. The molecule has 0 radical (unpaired) electrons. The largest absolute Gasteiger partial charge is 0.396 e. The topological polar surface area (TPSA) is 71.3 Å². The number of hydrogen-bond donors (Lipinski definition) is 2. The summed E-state index contributed by atoms with van der Waals surface area (Å²) in [6.45, 7) is 0.434. The van der Waals surface area contributed by atoms with Crippen molar-refractivity contribution in [3.8, 4) is 5.69 Å². The Balaban J connectivity index is 2.25. The van der Waals surface area contributed by atoms with Crippen molar-refractivity contribution in [2.75, 3.05) is 13.2 Å². The van der Waals surface area contributed by atoms with E-state index in [0.29, 0.717) is 24.2 Å². The van der Waals surface area contributed by atoms with E-state index in [9.17, 15) is 9.59 Å². The number of aromatic nitrogens is 1. The van der Waals surface area contributed by atoms with Crippen LogP contribution in [0.3, 0.4) is 0 Å². The highest BCUT2D eigenvalue weighted by Crippen LogP contribution is 2.05. The molecule has 0 fully saturated rings. The lowest BCUT2D eigenvalue weighted by Gasteiger charge is -2.08. The van der Waals surface area contributed by atoms with Gasteiger partial charge in [0.05, 0.1) is 5.56 Å². The van der Waals surface area contributed by atoms with E-state index in [1.54, 1.807) is 12.1 Å².